The van der Waals surface area contributed by atoms with Gasteiger partial charge in [-0.1, -0.05) is 104 Å². The van der Waals surface area contributed by atoms with E-state index in [0.717, 1.165) is 55.4 Å². The number of nitriles is 1. The van der Waals surface area contributed by atoms with Crippen LogP contribution in [0.25, 0.3) is 49.6 Å². The summed E-state index contributed by atoms with van der Waals surface area (Å²) >= 11 is 0. The highest BCUT2D eigenvalue weighted by atomic mass is 28.3. The number of aromatic nitrogens is 2. The van der Waals surface area contributed by atoms with E-state index in [2.05, 4.69) is 72.5 Å². The number of hydrogen-bond donors (Lipinski definition) is 0. The molecule has 0 radical (unpaired) electrons. The second kappa shape index (κ2) is 11.7. The van der Waals surface area contributed by atoms with Gasteiger partial charge in [0.25, 0.3) is 0 Å². The third kappa shape index (κ3) is 5.76. The highest BCUT2D eigenvalue weighted by molar-refractivity contribution is 6.99. The van der Waals surface area contributed by atoms with Crippen molar-refractivity contribution in [1.29, 1.82) is 5.26 Å². The van der Waals surface area contributed by atoms with Gasteiger partial charge < -0.3 is 0 Å². The third-order valence-electron chi connectivity index (χ3n) is 7.70. The standard InChI is InChI=1S/C38H28N4Si/c1-40-34-19-11-18-31(21-34)36-23-33(29-15-8-5-9-16-29)25-38(42-36)43(2,3)37-24-32(28-13-6-4-7-14-28)22-35(41-37)30-17-10-12-27(20-30)26-39/h4-25H,2-3H3. The monoisotopic (exact) mass is 568 g/mol. The van der Waals surface area contributed by atoms with Crippen molar-refractivity contribution in [3.63, 3.8) is 0 Å². The molecule has 6 rings (SSSR count). The first-order valence-corrected chi connectivity index (χ1v) is 17.1. The minimum Gasteiger partial charge on any atom is -0.257 e. The van der Waals surface area contributed by atoms with Gasteiger partial charge in [-0.2, -0.15) is 5.26 Å². The van der Waals surface area contributed by atoms with Gasteiger partial charge in [-0.15, -0.1) is 0 Å². The second-order valence-electron chi connectivity index (χ2n) is 11.0. The predicted octanol–water partition coefficient (Wildman–Crippen LogP) is 8.39. The lowest BCUT2D eigenvalue weighted by Crippen LogP contribution is -2.55. The maximum atomic E-state index is 9.56. The fourth-order valence-corrected chi connectivity index (χ4v) is 7.30. The molecule has 0 saturated carbocycles. The molecule has 2 aromatic heterocycles. The van der Waals surface area contributed by atoms with E-state index in [-0.39, 0.29) is 0 Å². The van der Waals surface area contributed by atoms with Gasteiger partial charge >= 0.3 is 0 Å². The van der Waals surface area contributed by atoms with Crippen LogP contribution >= 0.6 is 0 Å². The summed E-state index contributed by atoms with van der Waals surface area (Å²) in [5.41, 5.74) is 9.05. The maximum absolute atomic E-state index is 9.56. The van der Waals surface area contributed by atoms with Crippen LogP contribution in [0.3, 0.4) is 0 Å². The van der Waals surface area contributed by atoms with E-state index in [9.17, 15) is 5.26 Å². The van der Waals surface area contributed by atoms with Gasteiger partial charge in [-0.25, -0.2) is 4.85 Å². The van der Waals surface area contributed by atoms with Crippen molar-refractivity contribution in [3.8, 4) is 50.8 Å². The molecule has 0 spiro atoms. The molecule has 0 aliphatic rings. The molecule has 4 aromatic carbocycles. The number of benzene rings is 4. The molecular formula is C38H28N4Si. The van der Waals surface area contributed by atoms with Gasteiger partial charge in [0.2, 0.25) is 0 Å². The Balaban J connectivity index is 1.57. The zero-order chi connectivity index (χ0) is 29.8. The van der Waals surface area contributed by atoms with Crippen LogP contribution in [0.5, 0.6) is 0 Å². The van der Waals surface area contributed by atoms with Crippen LogP contribution in [-0.4, -0.2) is 18.0 Å². The molecule has 6 aromatic rings. The maximum Gasteiger partial charge on any atom is 0.187 e. The summed E-state index contributed by atoms with van der Waals surface area (Å²) in [6, 6.07) is 46.8. The van der Waals surface area contributed by atoms with E-state index < -0.39 is 8.07 Å². The van der Waals surface area contributed by atoms with Crippen molar-refractivity contribution in [3.05, 3.63) is 150 Å². The van der Waals surface area contributed by atoms with Crippen LogP contribution in [0.2, 0.25) is 13.1 Å². The second-order valence-corrected chi connectivity index (χ2v) is 15.2. The van der Waals surface area contributed by atoms with Crippen molar-refractivity contribution in [2.45, 2.75) is 13.1 Å². The minimum atomic E-state index is -2.50. The predicted molar refractivity (Wildman–Crippen MR) is 178 cm³/mol. The molecule has 0 atom stereocenters. The summed E-state index contributed by atoms with van der Waals surface area (Å²) in [6.45, 7) is 12.1. The largest absolute Gasteiger partial charge is 0.257 e. The first-order valence-electron chi connectivity index (χ1n) is 14.1. The zero-order valence-electron chi connectivity index (χ0n) is 24.0. The normalized spacial score (nSPS) is 11.0. The van der Waals surface area contributed by atoms with Gasteiger partial charge in [0.1, 0.15) is 0 Å². The highest BCUT2D eigenvalue weighted by Gasteiger charge is 2.32. The first kappa shape index (κ1) is 27.5. The Morgan fingerprint density at radius 2 is 1.05 bits per heavy atom. The minimum absolute atomic E-state index is 0.587. The molecule has 4 nitrogen and oxygen atoms in total. The first-order chi connectivity index (χ1) is 20.9. The fraction of sp³-hybridized carbons (Fsp3) is 0.0526. The average molecular weight is 569 g/mol. The number of hydrogen-bond acceptors (Lipinski definition) is 3. The van der Waals surface area contributed by atoms with E-state index in [1.54, 1.807) is 0 Å². The van der Waals surface area contributed by atoms with Gasteiger partial charge in [0.15, 0.2) is 13.8 Å². The topological polar surface area (TPSA) is 53.9 Å². The molecule has 0 aliphatic carbocycles. The average Bonchev–Trinajstić information content (AvgIpc) is 3.08. The Morgan fingerprint density at radius 1 is 0.558 bits per heavy atom. The molecule has 2 heterocycles. The molecule has 0 N–H and O–H groups in total. The Hall–Kier alpha value is -5.62. The summed E-state index contributed by atoms with van der Waals surface area (Å²) in [6.07, 6.45) is 0. The number of pyridine rings is 2. The van der Waals surface area contributed by atoms with Gasteiger partial charge in [0, 0.05) is 16.2 Å². The highest BCUT2D eigenvalue weighted by Crippen LogP contribution is 2.29. The van der Waals surface area contributed by atoms with Gasteiger partial charge in [-0.3, -0.25) is 9.97 Å². The van der Waals surface area contributed by atoms with Crippen molar-refractivity contribution in [2.75, 3.05) is 0 Å². The molecule has 0 amide bonds. The molecule has 0 aliphatic heterocycles. The zero-order valence-corrected chi connectivity index (χ0v) is 25.0. The van der Waals surface area contributed by atoms with Crippen molar-refractivity contribution >= 4 is 24.4 Å². The summed E-state index contributed by atoms with van der Waals surface area (Å²) in [5, 5.41) is 11.6. The van der Waals surface area contributed by atoms with Crippen LogP contribution in [-0.2, 0) is 0 Å². The van der Waals surface area contributed by atoms with E-state index in [4.69, 9.17) is 16.5 Å². The van der Waals surface area contributed by atoms with Crippen LogP contribution in [0, 0.1) is 17.9 Å². The molecule has 0 unspecified atom stereocenters. The fourth-order valence-electron chi connectivity index (χ4n) is 5.21. The Kier molecular flexibility index (Phi) is 7.49. The summed E-state index contributed by atoms with van der Waals surface area (Å²) in [5.74, 6) is 0. The lowest BCUT2D eigenvalue weighted by atomic mass is 10.0. The third-order valence-corrected chi connectivity index (χ3v) is 10.8. The molecular weight excluding hydrogens is 541 g/mol. The van der Waals surface area contributed by atoms with E-state index in [1.807, 2.05) is 84.9 Å². The van der Waals surface area contributed by atoms with Gasteiger partial charge in [0.05, 0.1) is 29.6 Å². The van der Waals surface area contributed by atoms with Crippen molar-refractivity contribution in [1.82, 2.24) is 9.97 Å². The van der Waals surface area contributed by atoms with Gasteiger partial charge in [-0.05, 0) is 70.3 Å². The smallest absolute Gasteiger partial charge is 0.187 e. The molecule has 0 fully saturated rings. The van der Waals surface area contributed by atoms with E-state index in [1.165, 1.54) is 0 Å². The van der Waals surface area contributed by atoms with E-state index in [0.29, 0.717) is 11.3 Å². The lowest BCUT2D eigenvalue weighted by Gasteiger charge is -2.25. The Morgan fingerprint density at radius 3 is 1.56 bits per heavy atom. The van der Waals surface area contributed by atoms with Crippen molar-refractivity contribution < 1.29 is 0 Å². The van der Waals surface area contributed by atoms with Crippen LogP contribution in [0.4, 0.5) is 5.69 Å². The SMILES string of the molecule is [C-]#[N+]c1cccc(-c2cc(-c3ccccc3)cc([Si](C)(C)c3cc(-c4ccccc4)cc(-c4cccc(C#N)c4)n3)n2)c1. The van der Waals surface area contributed by atoms with Crippen LogP contribution in [0.1, 0.15) is 5.56 Å². The number of nitrogens with zero attached hydrogens (tertiary/aromatic N) is 4. The quantitative estimate of drug-likeness (QED) is 0.150. The van der Waals surface area contributed by atoms with Crippen LogP contribution in [0.15, 0.2) is 133 Å². The lowest BCUT2D eigenvalue weighted by molar-refractivity contribution is 1.33. The summed E-state index contributed by atoms with van der Waals surface area (Å²) < 4.78 is 0. The number of rotatable bonds is 6. The van der Waals surface area contributed by atoms with E-state index >= 15 is 0 Å². The Bertz CT molecular complexity index is 1870. The molecule has 0 bridgehead atoms. The Labute approximate surface area is 253 Å². The molecule has 5 heteroatoms. The molecule has 43 heavy (non-hydrogen) atoms. The van der Waals surface area contributed by atoms with Crippen molar-refractivity contribution in [2.24, 2.45) is 0 Å². The van der Waals surface area contributed by atoms with Crippen LogP contribution < -0.4 is 10.6 Å². The molecule has 0 saturated heterocycles. The summed E-state index contributed by atoms with van der Waals surface area (Å²) in [7, 11) is -2.50. The molecule has 204 valence electrons. The summed E-state index contributed by atoms with van der Waals surface area (Å²) in [4.78, 5) is 14.2.